The molecule has 1 heterocycles. The zero-order valence-electron chi connectivity index (χ0n) is 9.54. The molecule has 1 fully saturated rings. The lowest BCUT2D eigenvalue weighted by atomic mass is 9.96. The topological polar surface area (TPSA) is 23.5 Å². The average molecular weight is 185 g/mol. The Morgan fingerprint density at radius 3 is 2.15 bits per heavy atom. The van der Waals surface area contributed by atoms with Gasteiger partial charge >= 0.3 is 0 Å². The molecule has 2 nitrogen and oxygen atoms in total. The second kappa shape index (κ2) is 3.58. The third kappa shape index (κ3) is 2.44. The molecular weight excluding hydrogens is 162 g/mol. The zero-order valence-corrected chi connectivity index (χ0v) is 9.54. The normalized spacial score (nSPS) is 36.5. The summed E-state index contributed by atoms with van der Waals surface area (Å²) in [5, 5.41) is 9.99. The quantitative estimate of drug-likeness (QED) is 0.710. The van der Waals surface area contributed by atoms with E-state index in [2.05, 4.69) is 32.6 Å². The molecule has 0 aromatic rings. The van der Waals surface area contributed by atoms with Crippen LogP contribution in [0.1, 0.15) is 41.0 Å². The van der Waals surface area contributed by atoms with Crippen LogP contribution in [0, 0.1) is 5.92 Å². The third-order valence-electron chi connectivity index (χ3n) is 3.03. The molecule has 0 saturated carbocycles. The lowest BCUT2D eigenvalue weighted by Gasteiger charge is -2.30. The maximum Gasteiger partial charge on any atom is 0.0761 e. The van der Waals surface area contributed by atoms with Crippen molar-refractivity contribution in [3.8, 4) is 0 Å². The number of β-amino-alcohol motifs (C(OH)–C–C–N with tert-alkyl or cyclic N) is 1. The molecule has 78 valence electrons. The van der Waals surface area contributed by atoms with Gasteiger partial charge in [-0.3, -0.25) is 4.90 Å². The van der Waals surface area contributed by atoms with E-state index in [9.17, 15) is 5.11 Å². The Morgan fingerprint density at radius 2 is 1.85 bits per heavy atom. The Hall–Kier alpha value is -0.0800. The first-order valence-corrected chi connectivity index (χ1v) is 5.31. The van der Waals surface area contributed by atoms with E-state index in [1.807, 2.05) is 6.92 Å². The van der Waals surface area contributed by atoms with Gasteiger partial charge in [-0.1, -0.05) is 13.8 Å². The van der Waals surface area contributed by atoms with Crippen LogP contribution in [0.2, 0.25) is 0 Å². The van der Waals surface area contributed by atoms with Crippen molar-refractivity contribution in [2.75, 3.05) is 6.54 Å². The lowest BCUT2D eigenvalue weighted by molar-refractivity contribution is 0.0644. The maximum absolute atomic E-state index is 9.99. The lowest BCUT2D eigenvalue weighted by Crippen LogP contribution is -2.39. The fraction of sp³-hybridized carbons (Fsp3) is 1.00. The molecule has 1 aliphatic heterocycles. The summed E-state index contributed by atoms with van der Waals surface area (Å²) >= 11 is 0. The molecular formula is C11H23NO. The van der Waals surface area contributed by atoms with Gasteiger partial charge in [0.05, 0.1) is 5.60 Å². The molecule has 0 bridgehead atoms. The number of likely N-dealkylation sites (tertiary alicyclic amines) is 1. The molecule has 2 unspecified atom stereocenters. The largest absolute Gasteiger partial charge is 0.389 e. The fourth-order valence-electron chi connectivity index (χ4n) is 2.33. The average Bonchev–Trinajstić information content (AvgIpc) is 2.26. The summed E-state index contributed by atoms with van der Waals surface area (Å²) in [6.07, 6.45) is 0.919. The van der Waals surface area contributed by atoms with Crippen molar-refractivity contribution in [1.29, 1.82) is 0 Å². The van der Waals surface area contributed by atoms with E-state index in [-0.39, 0.29) is 0 Å². The van der Waals surface area contributed by atoms with Gasteiger partial charge in [0.2, 0.25) is 0 Å². The van der Waals surface area contributed by atoms with Crippen molar-refractivity contribution in [2.45, 2.75) is 58.7 Å². The summed E-state index contributed by atoms with van der Waals surface area (Å²) in [4.78, 5) is 2.42. The zero-order chi connectivity index (χ0) is 10.2. The molecule has 13 heavy (non-hydrogen) atoms. The fourth-order valence-corrected chi connectivity index (χ4v) is 2.33. The molecule has 0 aromatic heterocycles. The Bertz CT molecular complexity index is 157. The molecule has 1 aliphatic rings. The minimum absolute atomic E-state index is 0.473. The van der Waals surface area contributed by atoms with Crippen LogP contribution < -0.4 is 0 Å². The Kier molecular flexibility index (Phi) is 3.03. The molecule has 1 rings (SSSR count). The van der Waals surface area contributed by atoms with Crippen LogP contribution in [-0.4, -0.2) is 34.2 Å². The van der Waals surface area contributed by atoms with Gasteiger partial charge in [-0.15, -0.1) is 0 Å². The standard InChI is InChI=1S/C11H23NO/c1-8(2)10-6-11(5,13)7-12(10)9(3)4/h8-10,13H,6-7H2,1-5H3. The molecule has 0 spiro atoms. The number of hydrogen-bond acceptors (Lipinski definition) is 2. The van der Waals surface area contributed by atoms with Gasteiger partial charge < -0.3 is 5.11 Å². The SMILES string of the molecule is CC(C)C1CC(C)(O)CN1C(C)C. The van der Waals surface area contributed by atoms with Gasteiger partial charge in [0.25, 0.3) is 0 Å². The first kappa shape index (κ1) is 11.0. The van der Waals surface area contributed by atoms with Crippen molar-refractivity contribution in [2.24, 2.45) is 5.92 Å². The Balaban J connectivity index is 2.71. The number of hydrogen-bond donors (Lipinski definition) is 1. The van der Waals surface area contributed by atoms with Gasteiger partial charge in [-0.2, -0.15) is 0 Å². The number of nitrogens with zero attached hydrogens (tertiary/aromatic N) is 1. The van der Waals surface area contributed by atoms with Gasteiger partial charge in [0, 0.05) is 18.6 Å². The summed E-state index contributed by atoms with van der Waals surface area (Å²) in [6, 6.07) is 1.09. The van der Waals surface area contributed by atoms with Crippen LogP contribution in [0.5, 0.6) is 0 Å². The third-order valence-corrected chi connectivity index (χ3v) is 3.03. The second-order valence-corrected chi connectivity index (χ2v) is 5.28. The number of aliphatic hydroxyl groups is 1. The maximum atomic E-state index is 9.99. The van der Waals surface area contributed by atoms with Gasteiger partial charge in [-0.05, 0) is 33.1 Å². The highest BCUT2D eigenvalue weighted by atomic mass is 16.3. The molecule has 2 heteroatoms. The van der Waals surface area contributed by atoms with E-state index in [1.54, 1.807) is 0 Å². The molecule has 0 aromatic carbocycles. The van der Waals surface area contributed by atoms with Gasteiger partial charge in [0.15, 0.2) is 0 Å². The van der Waals surface area contributed by atoms with Crippen molar-refractivity contribution >= 4 is 0 Å². The van der Waals surface area contributed by atoms with E-state index in [1.165, 1.54) is 0 Å². The second-order valence-electron chi connectivity index (χ2n) is 5.28. The van der Waals surface area contributed by atoms with E-state index in [4.69, 9.17) is 0 Å². The predicted molar refractivity (Wildman–Crippen MR) is 55.7 cm³/mol. The number of rotatable bonds is 2. The summed E-state index contributed by atoms with van der Waals surface area (Å²) in [7, 11) is 0. The molecule has 1 N–H and O–H groups in total. The van der Waals surface area contributed by atoms with E-state index >= 15 is 0 Å². The van der Waals surface area contributed by atoms with Crippen LogP contribution in [0.15, 0.2) is 0 Å². The van der Waals surface area contributed by atoms with Crippen LogP contribution >= 0.6 is 0 Å². The molecule has 0 amide bonds. The van der Waals surface area contributed by atoms with Crippen molar-refractivity contribution in [3.05, 3.63) is 0 Å². The molecule has 0 radical (unpaired) electrons. The van der Waals surface area contributed by atoms with Crippen molar-refractivity contribution in [3.63, 3.8) is 0 Å². The highest BCUT2D eigenvalue weighted by Gasteiger charge is 2.41. The van der Waals surface area contributed by atoms with Gasteiger partial charge in [0.1, 0.15) is 0 Å². The Morgan fingerprint density at radius 1 is 1.31 bits per heavy atom. The molecule has 2 atom stereocenters. The van der Waals surface area contributed by atoms with Crippen LogP contribution in [0.4, 0.5) is 0 Å². The van der Waals surface area contributed by atoms with Crippen LogP contribution in [-0.2, 0) is 0 Å². The monoisotopic (exact) mass is 185 g/mol. The minimum atomic E-state index is -0.473. The molecule has 0 aliphatic carbocycles. The van der Waals surface area contributed by atoms with E-state index < -0.39 is 5.60 Å². The smallest absolute Gasteiger partial charge is 0.0761 e. The minimum Gasteiger partial charge on any atom is -0.389 e. The van der Waals surface area contributed by atoms with Gasteiger partial charge in [-0.25, -0.2) is 0 Å². The summed E-state index contributed by atoms with van der Waals surface area (Å²) in [5.41, 5.74) is -0.473. The summed E-state index contributed by atoms with van der Waals surface area (Å²) < 4.78 is 0. The summed E-state index contributed by atoms with van der Waals surface area (Å²) in [6.45, 7) is 11.7. The first-order chi connectivity index (χ1) is 5.83. The van der Waals surface area contributed by atoms with Crippen LogP contribution in [0.25, 0.3) is 0 Å². The highest BCUT2D eigenvalue weighted by molar-refractivity contribution is 4.95. The predicted octanol–water partition coefficient (Wildman–Crippen LogP) is 1.88. The summed E-state index contributed by atoms with van der Waals surface area (Å²) in [5.74, 6) is 0.636. The van der Waals surface area contributed by atoms with E-state index in [0.29, 0.717) is 18.0 Å². The van der Waals surface area contributed by atoms with Crippen molar-refractivity contribution in [1.82, 2.24) is 4.90 Å². The molecule has 1 saturated heterocycles. The van der Waals surface area contributed by atoms with Crippen molar-refractivity contribution < 1.29 is 5.11 Å². The Labute approximate surface area is 81.9 Å². The first-order valence-electron chi connectivity index (χ1n) is 5.31. The van der Waals surface area contributed by atoms with Crippen LogP contribution in [0.3, 0.4) is 0 Å². The highest BCUT2D eigenvalue weighted by Crippen LogP contribution is 2.32. The van der Waals surface area contributed by atoms with E-state index in [0.717, 1.165) is 13.0 Å².